The van der Waals surface area contributed by atoms with Gasteiger partial charge in [-0.1, -0.05) is 0 Å². The Kier molecular flexibility index (Phi) is 2.95. The summed E-state index contributed by atoms with van der Waals surface area (Å²) in [6.45, 7) is 1.89. The van der Waals surface area contributed by atoms with Crippen molar-refractivity contribution in [3.8, 4) is 0 Å². The number of hydrogen-bond acceptors (Lipinski definition) is 5. The molecular formula is C11H11N5O. The summed E-state index contributed by atoms with van der Waals surface area (Å²) in [5.74, 6) is -0.155. The van der Waals surface area contributed by atoms with E-state index in [2.05, 4.69) is 20.3 Å². The zero-order chi connectivity index (χ0) is 12.3. The lowest BCUT2D eigenvalue weighted by Crippen LogP contribution is -2.15. The zero-order valence-corrected chi connectivity index (χ0v) is 9.21. The lowest BCUT2D eigenvalue weighted by Gasteiger charge is -2.04. The minimum Gasteiger partial charge on any atom is -0.382 e. The molecule has 2 aromatic heterocycles. The van der Waals surface area contributed by atoms with Crippen LogP contribution in [0.25, 0.3) is 0 Å². The smallest absolute Gasteiger partial charge is 0.275 e. The molecule has 3 N–H and O–H groups in total. The van der Waals surface area contributed by atoms with Crippen LogP contribution < -0.4 is 11.1 Å². The van der Waals surface area contributed by atoms with Gasteiger partial charge in [-0.15, -0.1) is 0 Å². The number of rotatable bonds is 2. The van der Waals surface area contributed by atoms with Gasteiger partial charge in [0, 0.05) is 6.20 Å². The molecule has 0 spiro atoms. The van der Waals surface area contributed by atoms with E-state index < -0.39 is 0 Å². The lowest BCUT2D eigenvalue weighted by molar-refractivity contribution is 0.102. The number of nitrogens with zero attached hydrogens (tertiary/aromatic N) is 3. The molecule has 0 aliphatic carbocycles. The van der Waals surface area contributed by atoms with Gasteiger partial charge in [0.1, 0.15) is 11.5 Å². The van der Waals surface area contributed by atoms with E-state index in [1.165, 1.54) is 12.4 Å². The van der Waals surface area contributed by atoms with E-state index in [1.807, 2.05) is 13.0 Å². The standard InChI is InChI=1S/C11H11N5O/c1-7-2-8(4-13-3-7)15-11(17)9-5-14-6-10(12)16-9/h2-6H,1H3,(H2,12,16)(H,15,17). The first-order valence-corrected chi connectivity index (χ1v) is 4.95. The van der Waals surface area contributed by atoms with Crippen molar-refractivity contribution < 1.29 is 4.79 Å². The Hall–Kier alpha value is -2.50. The number of nitrogens with two attached hydrogens (primary N) is 1. The minimum atomic E-state index is -0.364. The highest BCUT2D eigenvalue weighted by Crippen LogP contribution is 2.08. The highest BCUT2D eigenvalue weighted by atomic mass is 16.1. The Balaban J connectivity index is 2.17. The average Bonchev–Trinajstić information content (AvgIpc) is 2.29. The van der Waals surface area contributed by atoms with Crippen molar-refractivity contribution in [2.75, 3.05) is 11.1 Å². The molecule has 1 amide bonds. The van der Waals surface area contributed by atoms with Gasteiger partial charge in [-0.2, -0.15) is 0 Å². The van der Waals surface area contributed by atoms with Crippen LogP contribution in [0.1, 0.15) is 16.1 Å². The van der Waals surface area contributed by atoms with Crippen LogP contribution in [-0.4, -0.2) is 20.9 Å². The van der Waals surface area contributed by atoms with Crippen LogP contribution in [0.4, 0.5) is 11.5 Å². The van der Waals surface area contributed by atoms with Crippen molar-refractivity contribution in [3.63, 3.8) is 0 Å². The van der Waals surface area contributed by atoms with Gasteiger partial charge in [0.25, 0.3) is 5.91 Å². The van der Waals surface area contributed by atoms with Crippen LogP contribution in [0.3, 0.4) is 0 Å². The summed E-state index contributed by atoms with van der Waals surface area (Å²) in [7, 11) is 0. The summed E-state index contributed by atoms with van der Waals surface area (Å²) in [6, 6.07) is 1.81. The van der Waals surface area contributed by atoms with Crippen LogP contribution in [-0.2, 0) is 0 Å². The zero-order valence-electron chi connectivity index (χ0n) is 9.21. The van der Waals surface area contributed by atoms with Crippen molar-refractivity contribution in [3.05, 3.63) is 42.1 Å². The monoisotopic (exact) mass is 229 g/mol. The van der Waals surface area contributed by atoms with E-state index in [4.69, 9.17) is 5.73 Å². The molecule has 0 saturated heterocycles. The Morgan fingerprint density at radius 3 is 2.71 bits per heavy atom. The molecule has 0 atom stereocenters. The highest BCUT2D eigenvalue weighted by Gasteiger charge is 2.08. The molecule has 0 radical (unpaired) electrons. The molecule has 17 heavy (non-hydrogen) atoms. The number of carbonyl (C=O) groups is 1. The van der Waals surface area contributed by atoms with E-state index in [-0.39, 0.29) is 17.4 Å². The first-order chi connectivity index (χ1) is 8.15. The largest absolute Gasteiger partial charge is 0.382 e. The highest BCUT2D eigenvalue weighted by molar-refractivity contribution is 6.02. The predicted octanol–water partition coefficient (Wildman–Crippen LogP) is 1.01. The van der Waals surface area contributed by atoms with Crippen LogP contribution in [0, 0.1) is 6.92 Å². The van der Waals surface area contributed by atoms with E-state index >= 15 is 0 Å². The normalized spacial score (nSPS) is 9.94. The van der Waals surface area contributed by atoms with Gasteiger partial charge >= 0.3 is 0 Å². The number of hydrogen-bond donors (Lipinski definition) is 2. The third-order valence-corrected chi connectivity index (χ3v) is 2.02. The SMILES string of the molecule is Cc1cncc(NC(=O)c2cncc(N)n2)c1. The quantitative estimate of drug-likeness (QED) is 0.801. The second-order valence-electron chi connectivity index (χ2n) is 3.53. The number of anilines is 2. The average molecular weight is 229 g/mol. The van der Waals surface area contributed by atoms with Crippen LogP contribution in [0.5, 0.6) is 0 Å². The molecule has 0 unspecified atom stereocenters. The van der Waals surface area contributed by atoms with E-state index in [1.54, 1.807) is 12.4 Å². The molecule has 0 bridgehead atoms. The molecule has 0 saturated carbocycles. The van der Waals surface area contributed by atoms with Crippen molar-refractivity contribution >= 4 is 17.4 Å². The number of nitrogens with one attached hydrogen (secondary N) is 1. The maximum Gasteiger partial charge on any atom is 0.275 e. The molecule has 6 heteroatoms. The maximum absolute atomic E-state index is 11.8. The van der Waals surface area contributed by atoms with Gasteiger partial charge < -0.3 is 11.1 Å². The second kappa shape index (κ2) is 4.56. The van der Waals surface area contributed by atoms with Crippen LogP contribution in [0.15, 0.2) is 30.9 Å². The number of nitrogen functional groups attached to an aromatic ring is 1. The molecule has 0 aliphatic rings. The van der Waals surface area contributed by atoms with Gasteiger partial charge in [-0.25, -0.2) is 4.98 Å². The molecule has 0 fully saturated rings. The third kappa shape index (κ3) is 2.75. The lowest BCUT2D eigenvalue weighted by atomic mass is 10.3. The van der Waals surface area contributed by atoms with Crippen molar-refractivity contribution in [1.29, 1.82) is 0 Å². The maximum atomic E-state index is 11.8. The minimum absolute atomic E-state index is 0.173. The number of amides is 1. The topological polar surface area (TPSA) is 93.8 Å². The first kappa shape index (κ1) is 11.0. The molecule has 86 valence electrons. The molecule has 6 nitrogen and oxygen atoms in total. The second-order valence-corrected chi connectivity index (χ2v) is 3.53. The van der Waals surface area contributed by atoms with E-state index in [9.17, 15) is 4.79 Å². The molecule has 2 rings (SSSR count). The molecular weight excluding hydrogens is 218 g/mol. The Labute approximate surface area is 97.9 Å². The summed E-state index contributed by atoms with van der Waals surface area (Å²) in [6.07, 6.45) is 6.00. The fraction of sp³-hybridized carbons (Fsp3) is 0.0909. The predicted molar refractivity (Wildman–Crippen MR) is 63.4 cm³/mol. The van der Waals surface area contributed by atoms with Gasteiger partial charge in [-0.3, -0.25) is 14.8 Å². The first-order valence-electron chi connectivity index (χ1n) is 4.95. The Bertz CT molecular complexity index is 555. The van der Waals surface area contributed by atoms with Gasteiger partial charge in [0.2, 0.25) is 0 Å². The number of pyridine rings is 1. The molecule has 0 aliphatic heterocycles. The summed E-state index contributed by atoms with van der Waals surface area (Å²) in [5, 5.41) is 2.67. The van der Waals surface area contributed by atoms with E-state index in [0.717, 1.165) is 5.56 Å². The fourth-order valence-corrected chi connectivity index (χ4v) is 1.31. The fourth-order valence-electron chi connectivity index (χ4n) is 1.31. The van der Waals surface area contributed by atoms with Gasteiger partial charge in [0.15, 0.2) is 0 Å². The van der Waals surface area contributed by atoms with E-state index in [0.29, 0.717) is 5.69 Å². The summed E-state index contributed by atoms with van der Waals surface area (Å²) in [5.41, 5.74) is 7.19. The van der Waals surface area contributed by atoms with Crippen molar-refractivity contribution in [2.45, 2.75) is 6.92 Å². The van der Waals surface area contributed by atoms with Crippen LogP contribution in [0.2, 0.25) is 0 Å². The molecule has 2 heterocycles. The van der Waals surface area contributed by atoms with Crippen molar-refractivity contribution in [1.82, 2.24) is 15.0 Å². The third-order valence-electron chi connectivity index (χ3n) is 2.02. The summed E-state index contributed by atoms with van der Waals surface area (Å²) < 4.78 is 0. The van der Waals surface area contributed by atoms with Crippen LogP contribution >= 0.6 is 0 Å². The summed E-state index contributed by atoms with van der Waals surface area (Å²) >= 11 is 0. The Morgan fingerprint density at radius 1 is 1.24 bits per heavy atom. The van der Waals surface area contributed by atoms with Gasteiger partial charge in [0.05, 0.1) is 24.3 Å². The van der Waals surface area contributed by atoms with Crippen molar-refractivity contribution in [2.24, 2.45) is 0 Å². The van der Waals surface area contributed by atoms with Gasteiger partial charge in [-0.05, 0) is 18.6 Å². The molecule has 0 aromatic carbocycles. The molecule has 2 aromatic rings. The number of carbonyl (C=O) groups excluding carboxylic acids is 1. The summed E-state index contributed by atoms with van der Waals surface area (Å²) in [4.78, 5) is 23.4. The number of aryl methyl sites for hydroxylation is 1. The Morgan fingerprint density at radius 2 is 2.00 bits per heavy atom. The number of aromatic nitrogens is 3.